The molecular weight excluding hydrogens is 174 g/mol. The van der Waals surface area contributed by atoms with E-state index in [1.807, 2.05) is 0 Å². The summed E-state index contributed by atoms with van der Waals surface area (Å²) in [5.41, 5.74) is 4.96. The van der Waals surface area contributed by atoms with Crippen LogP contribution in [0.2, 0.25) is 0 Å². The van der Waals surface area contributed by atoms with Gasteiger partial charge < -0.3 is 15.9 Å². The number of hydrogen-bond donors (Lipinski definition) is 4. The minimum Gasteiger partial charge on any atom is -0.389 e. The third-order valence-electron chi connectivity index (χ3n) is 1.61. The summed E-state index contributed by atoms with van der Waals surface area (Å²) in [4.78, 5) is 10.6. The summed E-state index contributed by atoms with van der Waals surface area (Å²) in [6.07, 6.45) is -2.24. The van der Waals surface area contributed by atoms with Crippen molar-refractivity contribution in [2.24, 2.45) is 5.73 Å². The lowest BCUT2D eigenvalue weighted by molar-refractivity contribution is 0.0211. The summed E-state index contributed by atoms with van der Waals surface area (Å²) in [6, 6.07) is 2.55. The number of hydrogen-bond acceptors (Lipinski definition) is 5. The number of aliphatic hydroxyl groups is 2. The van der Waals surface area contributed by atoms with Gasteiger partial charge in [-0.15, -0.1) is 0 Å². The Morgan fingerprint density at radius 2 is 2.23 bits per heavy atom. The third-order valence-corrected chi connectivity index (χ3v) is 1.61. The molecule has 1 heterocycles. The van der Waals surface area contributed by atoms with E-state index in [2.05, 4.69) is 10.2 Å². The lowest BCUT2D eigenvalue weighted by Gasteiger charge is -2.14. The molecule has 0 saturated carbocycles. The molecular formula is C7H11N3O3. The van der Waals surface area contributed by atoms with Gasteiger partial charge in [0.15, 0.2) is 0 Å². The molecule has 0 saturated heterocycles. The molecule has 0 radical (unpaired) electrons. The van der Waals surface area contributed by atoms with E-state index in [9.17, 15) is 9.90 Å². The van der Waals surface area contributed by atoms with E-state index >= 15 is 0 Å². The molecule has 0 fully saturated rings. The number of aliphatic hydroxyl groups excluding tert-OH is 2. The molecule has 6 nitrogen and oxygen atoms in total. The van der Waals surface area contributed by atoms with Crippen LogP contribution in [-0.4, -0.2) is 33.1 Å². The van der Waals surface area contributed by atoms with Crippen LogP contribution in [0.4, 0.5) is 0 Å². The highest BCUT2D eigenvalue weighted by Crippen LogP contribution is 2.10. The predicted molar refractivity (Wildman–Crippen MR) is 44.9 cm³/mol. The fourth-order valence-corrected chi connectivity index (χ4v) is 0.846. The number of nitrogens with two attached hydrogens (primary N) is 1. The molecule has 1 aromatic rings. The molecule has 0 aromatic carbocycles. The van der Waals surface area contributed by atoms with Crippen LogP contribution >= 0.6 is 0 Å². The zero-order valence-corrected chi connectivity index (χ0v) is 6.84. The van der Waals surface area contributed by atoms with Gasteiger partial charge in [-0.05, 0) is 6.07 Å². The molecule has 0 bridgehead atoms. The summed E-state index contributed by atoms with van der Waals surface area (Å²) in [6.45, 7) is -0.0675. The molecule has 0 aliphatic rings. The Bertz CT molecular complexity index is 305. The van der Waals surface area contributed by atoms with Gasteiger partial charge in [0.25, 0.3) is 5.56 Å². The summed E-state index contributed by atoms with van der Waals surface area (Å²) >= 11 is 0. The van der Waals surface area contributed by atoms with Gasteiger partial charge in [-0.1, -0.05) is 0 Å². The lowest BCUT2D eigenvalue weighted by atomic mass is 10.1. The van der Waals surface area contributed by atoms with Crippen molar-refractivity contribution in [1.82, 2.24) is 10.2 Å². The maximum absolute atomic E-state index is 10.6. The first kappa shape index (κ1) is 9.85. The van der Waals surface area contributed by atoms with Gasteiger partial charge in [-0.25, -0.2) is 5.10 Å². The highest BCUT2D eigenvalue weighted by molar-refractivity contribution is 5.04. The average molecular weight is 185 g/mol. The lowest BCUT2D eigenvalue weighted by Crippen LogP contribution is -2.28. The van der Waals surface area contributed by atoms with Gasteiger partial charge in [0.2, 0.25) is 0 Å². The minimum atomic E-state index is -1.16. The smallest absolute Gasteiger partial charge is 0.264 e. The second-order valence-corrected chi connectivity index (χ2v) is 2.59. The molecule has 1 aromatic heterocycles. The first-order valence-corrected chi connectivity index (χ1v) is 3.77. The van der Waals surface area contributed by atoms with Crippen molar-refractivity contribution in [3.05, 3.63) is 28.2 Å². The van der Waals surface area contributed by atoms with Crippen molar-refractivity contribution in [3.8, 4) is 0 Å². The van der Waals surface area contributed by atoms with Crippen LogP contribution in [0.25, 0.3) is 0 Å². The van der Waals surface area contributed by atoms with Crippen molar-refractivity contribution in [1.29, 1.82) is 0 Å². The molecule has 0 spiro atoms. The van der Waals surface area contributed by atoms with E-state index in [1.54, 1.807) is 0 Å². The van der Waals surface area contributed by atoms with Crippen LogP contribution < -0.4 is 11.3 Å². The molecule has 2 atom stereocenters. The van der Waals surface area contributed by atoms with Crippen molar-refractivity contribution in [2.75, 3.05) is 6.54 Å². The molecule has 5 N–H and O–H groups in total. The molecule has 0 aliphatic heterocycles. The molecule has 13 heavy (non-hydrogen) atoms. The van der Waals surface area contributed by atoms with Gasteiger partial charge in [-0.2, -0.15) is 5.10 Å². The van der Waals surface area contributed by atoms with Crippen molar-refractivity contribution in [2.45, 2.75) is 12.2 Å². The molecule has 0 amide bonds. The van der Waals surface area contributed by atoms with Gasteiger partial charge in [0.1, 0.15) is 6.10 Å². The Balaban J connectivity index is 2.83. The normalized spacial score (nSPS) is 15.3. The standard InChI is InChI=1S/C7H11N3O3/c8-3-5(11)7(13)4-1-2-6(12)10-9-4/h1-2,5,7,11,13H,3,8H2,(H,10,12). The molecule has 72 valence electrons. The Morgan fingerprint density at radius 1 is 1.54 bits per heavy atom. The van der Waals surface area contributed by atoms with Gasteiger partial charge >= 0.3 is 0 Å². The minimum absolute atomic E-state index is 0.0675. The number of nitrogens with one attached hydrogen (secondary N) is 1. The van der Waals surface area contributed by atoms with E-state index in [-0.39, 0.29) is 17.8 Å². The van der Waals surface area contributed by atoms with Crippen molar-refractivity contribution < 1.29 is 10.2 Å². The molecule has 2 unspecified atom stereocenters. The summed E-state index contributed by atoms with van der Waals surface area (Å²) in [5.74, 6) is 0. The highest BCUT2D eigenvalue weighted by atomic mass is 16.3. The summed E-state index contributed by atoms with van der Waals surface area (Å²) in [7, 11) is 0. The first-order valence-electron chi connectivity index (χ1n) is 3.77. The maximum Gasteiger partial charge on any atom is 0.264 e. The van der Waals surface area contributed by atoms with Crippen LogP contribution in [0.5, 0.6) is 0 Å². The van der Waals surface area contributed by atoms with E-state index in [0.29, 0.717) is 0 Å². The van der Waals surface area contributed by atoms with Crippen molar-refractivity contribution >= 4 is 0 Å². The fraction of sp³-hybridized carbons (Fsp3) is 0.429. The van der Waals surface area contributed by atoms with Crippen LogP contribution in [-0.2, 0) is 0 Å². The topological polar surface area (TPSA) is 112 Å². The number of aromatic nitrogens is 2. The maximum atomic E-state index is 10.6. The van der Waals surface area contributed by atoms with Crippen LogP contribution in [0.15, 0.2) is 16.9 Å². The van der Waals surface area contributed by atoms with E-state index in [1.165, 1.54) is 12.1 Å². The Kier molecular flexibility index (Phi) is 3.13. The van der Waals surface area contributed by atoms with Gasteiger partial charge in [0.05, 0.1) is 11.8 Å². The van der Waals surface area contributed by atoms with Crippen LogP contribution in [0.3, 0.4) is 0 Å². The quantitative estimate of drug-likeness (QED) is 0.440. The fourth-order valence-electron chi connectivity index (χ4n) is 0.846. The highest BCUT2D eigenvalue weighted by Gasteiger charge is 2.17. The Labute approximate surface area is 74.0 Å². The predicted octanol–water partition coefficient (Wildman–Crippen LogP) is -1.88. The Morgan fingerprint density at radius 3 is 2.69 bits per heavy atom. The summed E-state index contributed by atoms with van der Waals surface area (Å²) < 4.78 is 0. The number of aromatic amines is 1. The number of H-pyrrole nitrogens is 1. The molecule has 0 aliphatic carbocycles. The van der Waals surface area contributed by atoms with E-state index in [0.717, 1.165) is 0 Å². The zero-order valence-electron chi connectivity index (χ0n) is 6.84. The van der Waals surface area contributed by atoms with E-state index < -0.39 is 12.2 Å². The second kappa shape index (κ2) is 4.13. The number of rotatable bonds is 3. The molecule has 6 heteroatoms. The van der Waals surface area contributed by atoms with Crippen LogP contribution in [0, 0.1) is 0 Å². The largest absolute Gasteiger partial charge is 0.389 e. The monoisotopic (exact) mass is 185 g/mol. The Hall–Kier alpha value is -1.24. The van der Waals surface area contributed by atoms with Gasteiger partial charge in [0, 0.05) is 12.6 Å². The zero-order chi connectivity index (χ0) is 9.84. The third kappa shape index (κ3) is 2.35. The van der Waals surface area contributed by atoms with E-state index in [4.69, 9.17) is 10.8 Å². The SMILES string of the molecule is NCC(O)C(O)c1ccc(=O)[nH]n1. The first-order chi connectivity index (χ1) is 6.15. The number of nitrogens with zero attached hydrogens (tertiary/aromatic N) is 1. The van der Waals surface area contributed by atoms with Crippen molar-refractivity contribution in [3.63, 3.8) is 0 Å². The average Bonchev–Trinajstić information content (AvgIpc) is 2.17. The van der Waals surface area contributed by atoms with Gasteiger partial charge in [-0.3, -0.25) is 4.79 Å². The summed E-state index contributed by atoms with van der Waals surface area (Å²) in [5, 5.41) is 24.2. The van der Waals surface area contributed by atoms with Crippen LogP contribution in [0.1, 0.15) is 11.8 Å². The second-order valence-electron chi connectivity index (χ2n) is 2.59. The molecule has 1 rings (SSSR count).